The molecule has 0 bridgehead atoms. The Morgan fingerprint density at radius 2 is 1.94 bits per heavy atom. The van der Waals surface area contributed by atoms with Gasteiger partial charge in [0.05, 0.1) is 0 Å². The molecule has 7 heteroatoms. The van der Waals surface area contributed by atoms with E-state index in [0.717, 1.165) is 12.8 Å². The summed E-state index contributed by atoms with van der Waals surface area (Å²) in [5, 5.41) is 11.3. The van der Waals surface area contributed by atoms with Gasteiger partial charge in [0.2, 0.25) is 5.91 Å². The van der Waals surface area contributed by atoms with E-state index in [0.29, 0.717) is 6.42 Å². The van der Waals surface area contributed by atoms with Crippen molar-refractivity contribution in [3.8, 4) is 0 Å². The summed E-state index contributed by atoms with van der Waals surface area (Å²) >= 11 is 0. The molecule has 0 spiro atoms. The topological polar surface area (TPSA) is 78.8 Å². The third kappa shape index (κ3) is 3.58. The molecule has 0 saturated heterocycles. The average Bonchev–Trinajstić information content (AvgIpc) is 2.18. The van der Waals surface area contributed by atoms with E-state index >= 15 is 0 Å². The molecule has 5 nitrogen and oxygen atoms in total. The molecule has 1 heterocycles. The second-order valence-electron chi connectivity index (χ2n) is 4.21. The molecule has 0 fully saturated rings. The van der Waals surface area contributed by atoms with Gasteiger partial charge in [-0.2, -0.15) is 4.99 Å². The Balaban J connectivity index is 0. The summed E-state index contributed by atoms with van der Waals surface area (Å²) in [6.07, 6.45) is 2.08. The normalized spacial score (nSPS) is 24.3. The first kappa shape index (κ1) is 20.4. The van der Waals surface area contributed by atoms with E-state index in [1.165, 1.54) is 0 Å². The van der Waals surface area contributed by atoms with E-state index in [4.69, 9.17) is 5.11 Å². The molecule has 0 aliphatic carbocycles. The molecule has 1 aliphatic rings. The number of amidine groups is 1. The van der Waals surface area contributed by atoms with Crippen LogP contribution in [0.25, 0.3) is 0 Å². The van der Waals surface area contributed by atoms with Crippen molar-refractivity contribution in [1.82, 2.24) is 5.32 Å². The van der Waals surface area contributed by atoms with Crippen LogP contribution in [0, 0.1) is 11.3 Å². The van der Waals surface area contributed by atoms with Crippen molar-refractivity contribution >= 4 is 47.4 Å². The zero-order valence-electron chi connectivity index (χ0n) is 10.2. The molecule has 2 amide bonds. The quantitative estimate of drug-likeness (QED) is 0.593. The van der Waals surface area contributed by atoms with Crippen molar-refractivity contribution in [2.75, 3.05) is 0 Å². The van der Waals surface area contributed by atoms with Gasteiger partial charge in [0.25, 0.3) is 11.9 Å². The molecule has 0 aromatic rings. The summed E-state index contributed by atoms with van der Waals surface area (Å²) in [4.78, 5) is 27.2. The first-order chi connectivity index (χ1) is 7.48. The number of nitrogens with one attached hydrogen (secondary N) is 1. The van der Waals surface area contributed by atoms with Gasteiger partial charge in [0.1, 0.15) is 5.41 Å². The predicted octanol–water partition coefficient (Wildman–Crippen LogP) is 0.738. The number of carbonyl (C=O) groups excluding carboxylic acids is 2. The monoisotopic (exact) mass is 313 g/mol. The van der Waals surface area contributed by atoms with Gasteiger partial charge >= 0.3 is 29.6 Å². The van der Waals surface area contributed by atoms with Gasteiger partial charge < -0.3 is 5.11 Å². The predicted molar refractivity (Wildman–Crippen MR) is 67.2 cm³/mol. The SMILES string of the molecule is CCCC(C)C1(CC)C(=O)N=C(O)NC1=O.[Cu].[NaH]. The Bertz CT molecular complexity index is 349. The summed E-state index contributed by atoms with van der Waals surface area (Å²) in [5.74, 6) is -1.04. The van der Waals surface area contributed by atoms with Gasteiger partial charge in [0.15, 0.2) is 0 Å². The summed E-state index contributed by atoms with van der Waals surface area (Å²) in [5.41, 5.74) is -1.11. The number of aliphatic hydroxyl groups excluding tert-OH is 1. The second kappa shape index (κ2) is 8.33. The van der Waals surface area contributed by atoms with E-state index < -0.39 is 23.3 Å². The standard InChI is InChI=1S/C11H18N2O3.Cu.Na.H/c1-4-6-7(3)11(5-2)8(14)12-10(16)13-9(11)15;;;/h7H,4-6H2,1-3H3,(H2,12,13,14,15,16);;;. The van der Waals surface area contributed by atoms with Gasteiger partial charge in [-0.3, -0.25) is 14.9 Å². The van der Waals surface area contributed by atoms with Crippen molar-refractivity contribution in [2.24, 2.45) is 16.3 Å². The van der Waals surface area contributed by atoms with Gasteiger partial charge in [-0.1, -0.05) is 27.2 Å². The van der Waals surface area contributed by atoms with Crippen LogP contribution >= 0.6 is 0 Å². The number of hydrogen-bond donors (Lipinski definition) is 2. The third-order valence-electron chi connectivity index (χ3n) is 3.34. The number of carbonyl (C=O) groups is 2. The van der Waals surface area contributed by atoms with Crippen molar-refractivity contribution in [1.29, 1.82) is 0 Å². The molecular formula is C11H19CuN2NaO3. The maximum absolute atomic E-state index is 11.9. The van der Waals surface area contributed by atoms with Crippen LogP contribution in [0.1, 0.15) is 40.0 Å². The van der Waals surface area contributed by atoms with Crippen LogP contribution in [0.15, 0.2) is 4.99 Å². The molecule has 0 aromatic heterocycles. The van der Waals surface area contributed by atoms with Gasteiger partial charge in [0, 0.05) is 17.1 Å². The van der Waals surface area contributed by atoms with Crippen molar-refractivity contribution in [3.05, 3.63) is 0 Å². The van der Waals surface area contributed by atoms with Crippen LogP contribution in [0.5, 0.6) is 0 Å². The minimum atomic E-state index is -1.11. The van der Waals surface area contributed by atoms with Crippen LogP contribution < -0.4 is 5.32 Å². The molecule has 2 N–H and O–H groups in total. The minimum absolute atomic E-state index is 0. The maximum atomic E-state index is 11.9. The fourth-order valence-corrected chi connectivity index (χ4v) is 2.31. The van der Waals surface area contributed by atoms with Crippen molar-refractivity contribution < 1.29 is 31.8 Å². The van der Waals surface area contributed by atoms with Crippen LogP contribution in [0.4, 0.5) is 0 Å². The zero-order chi connectivity index (χ0) is 12.3. The van der Waals surface area contributed by atoms with Crippen LogP contribution in [-0.2, 0) is 26.7 Å². The Morgan fingerprint density at radius 1 is 1.39 bits per heavy atom. The van der Waals surface area contributed by atoms with E-state index in [9.17, 15) is 9.59 Å². The zero-order valence-corrected chi connectivity index (χ0v) is 11.2. The first-order valence-corrected chi connectivity index (χ1v) is 5.62. The third-order valence-corrected chi connectivity index (χ3v) is 3.34. The molecule has 0 saturated carbocycles. The van der Waals surface area contributed by atoms with Crippen LogP contribution in [-0.4, -0.2) is 52.5 Å². The summed E-state index contributed by atoms with van der Waals surface area (Å²) in [7, 11) is 0. The Kier molecular flexibility index (Phi) is 9.46. The van der Waals surface area contributed by atoms with E-state index in [-0.39, 0.29) is 52.5 Å². The number of aliphatic imine (C=N–C) groups is 1. The summed E-state index contributed by atoms with van der Waals surface area (Å²) in [6.45, 7) is 5.68. The van der Waals surface area contributed by atoms with E-state index in [2.05, 4.69) is 10.3 Å². The molecule has 1 radical (unpaired) electrons. The molecule has 2 unspecified atom stereocenters. The fraction of sp³-hybridized carbons (Fsp3) is 0.727. The van der Waals surface area contributed by atoms with E-state index in [1.807, 2.05) is 13.8 Å². The fourth-order valence-electron chi connectivity index (χ4n) is 2.31. The van der Waals surface area contributed by atoms with Crippen LogP contribution in [0.2, 0.25) is 0 Å². The summed E-state index contributed by atoms with van der Waals surface area (Å²) < 4.78 is 0. The Labute approximate surface area is 140 Å². The van der Waals surface area contributed by atoms with Crippen molar-refractivity contribution in [2.45, 2.75) is 40.0 Å². The van der Waals surface area contributed by atoms with Crippen molar-refractivity contribution in [3.63, 3.8) is 0 Å². The number of amides is 2. The molecular weight excluding hydrogens is 295 g/mol. The molecule has 103 valence electrons. The summed E-state index contributed by atoms with van der Waals surface area (Å²) in [6, 6.07) is -0.595. The Hall–Kier alpha value is 0.129. The first-order valence-electron chi connectivity index (χ1n) is 5.62. The number of hydrogen-bond acceptors (Lipinski definition) is 2. The van der Waals surface area contributed by atoms with Gasteiger partial charge in [-0.15, -0.1) is 0 Å². The van der Waals surface area contributed by atoms with E-state index in [1.54, 1.807) is 6.92 Å². The molecule has 1 rings (SSSR count). The number of rotatable bonds is 4. The number of nitrogens with zero attached hydrogens (tertiary/aromatic N) is 1. The second-order valence-corrected chi connectivity index (χ2v) is 4.21. The average molecular weight is 314 g/mol. The Morgan fingerprint density at radius 3 is 2.33 bits per heavy atom. The molecule has 18 heavy (non-hydrogen) atoms. The molecule has 1 aliphatic heterocycles. The van der Waals surface area contributed by atoms with Crippen LogP contribution in [0.3, 0.4) is 0 Å². The molecule has 0 aromatic carbocycles. The van der Waals surface area contributed by atoms with Gasteiger partial charge in [-0.05, 0) is 18.8 Å². The van der Waals surface area contributed by atoms with Gasteiger partial charge in [-0.25, -0.2) is 0 Å². The molecule has 2 atom stereocenters. The number of aliphatic hydroxyl groups is 1.